The first-order valence-electron chi connectivity index (χ1n) is 7.82. The Morgan fingerprint density at radius 2 is 2.00 bits per heavy atom. The van der Waals surface area contributed by atoms with Crippen molar-refractivity contribution in [2.45, 2.75) is 33.2 Å². The van der Waals surface area contributed by atoms with E-state index in [9.17, 15) is 8.42 Å². The highest BCUT2D eigenvalue weighted by atomic mass is 32.2. The van der Waals surface area contributed by atoms with Crippen molar-refractivity contribution in [3.8, 4) is 5.75 Å². The third kappa shape index (κ3) is 4.71. The zero-order valence-electron chi connectivity index (χ0n) is 14.1. The van der Waals surface area contributed by atoms with Gasteiger partial charge >= 0.3 is 0 Å². The van der Waals surface area contributed by atoms with Crippen LogP contribution in [0.3, 0.4) is 0 Å². The van der Waals surface area contributed by atoms with Crippen LogP contribution in [0.5, 0.6) is 5.75 Å². The number of sulfone groups is 1. The van der Waals surface area contributed by atoms with Gasteiger partial charge in [0.05, 0.1) is 12.9 Å². The Labute approximate surface area is 134 Å². The normalized spacial score (nSPS) is 20.1. The first-order chi connectivity index (χ1) is 10.3. The fourth-order valence-electron chi connectivity index (χ4n) is 3.34. The van der Waals surface area contributed by atoms with E-state index in [0.29, 0.717) is 5.75 Å². The Balaban J connectivity index is 2.06. The van der Waals surface area contributed by atoms with Crippen LogP contribution in [-0.2, 0) is 16.4 Å². The molecule has 0 aromatic heterocycles. The fraction of sp³-hybridized carbons (Fsp3) is 0.647. The van der Waals surface area contributed by atoms with E-state index in [1.807, 2.05) is 0 Å². The second-order valence-electron chi connectivity index (χ2n) is 6.58. The standard InChI is InChI=1S/C17H27NO3S/c1-13-9-17(21-3)14(2)8-16(13)11-18-7-5-6-15(10-18)12-22(4,19)20/h8-9,15H,5-7,10-12H2,1-4H3. The molecule has 1 atom stereocenters. The molecule has 1 aliphatic heterocycles. The van der Waals surface area contributed by atoms with E-state index in [2.05, 4.69) is 30.9 Å². The maximum Gasteiger partial charge on any atom is 0.147 e. The van der Waals surface area contributed by atoms with Crippen LogP contribution in [0.15, 0.2) is 12.1 Å². The molecule has 5 heteroatoms. The SMILES string of the molecule is COc1cc(C)c(CN2CCCC(CS(C)(=O)=O)C2)cc1C. The highest BCUT2D eigenvalue weighted by Gasteiger charge is 2.23. The van der Waals surface area contributed by atoms with Crippen molar-refractivity contribution in [2.75, 3.05) is 32.2 Å². The largest absolute Gasteiger partial charge is 0.496 e. The van der Waals surface area contributed by atoms with Crippen LogP contribution in [0.4, 0.5) is 0 Å². The third-order valence-corrected chi connectivity index (χ3v) is 5.47. The topological polar surface area (TPSA) is 46.6 Å². The summed E-state index contributed by atoms with van der Waals surface area (Å²) in [5.74, 6) is 1.50. The first-order valence-corrected chi connectivity index (χ1v) is 9.88. The van der Waals surface area contributed by atoms with E-state index in [0.717, 1.165) is 43.8 Å². The second-order valence-corrected chi connectivity index (χ2v) is 8.77. The molecule has 0 bridgehead atoms. The molecule has 1 fully saturated rings. The molecule has 1 aromatic rings. The lowest BCUT2D eigenvalue weighted by atomic mass is 9.98. The lowest BCUT2D eigenvalue weighted by molar-refractivity contribution is 0.177. The number of likely N-dealkylation sites (tertiary alicyclic amines) is 1. The molecule has 1 unspecified atom stereocenters. The summed E-state index contributed by atoms with van der Waals surface area (Å²) in [7, 11) is -1.19. The maximum absolute atomic E-state index is 11.5. The van der Waals surface area contributed by atoms with Gasteiger partial charge in [0.1, 0.15) is 15.6 Å². The Hall–Kier alpha value is -1.07. The Bertz CT molecular complexity index is 625. The van der Waals surface area contributed by atoms with Gasteiger partial charge in [-0.15, -0.1) is 0 Å². The molecule has 0 radical (unpaired) electrons. The van der Waals surface area contributed by atoms with E-state index in [1.165, 1.54) is 17.4 Å². The number of benzene rings is 1. The average Bonchev–Trinajstić information content (AvgIpc) is 2.41. The van der Waals surface area contributed by atoms with Crippen molar-refractivity contribution in [3.63, 3.8) is 0 Å². The van der Waals surface area contributed by atoms with Crippen LogP contribution in [0, 0.1) is 19.8 Å². The molecule has 0 spiro atoms. The molecule has 2 rings (SSSR count). The molecule has 0 saturated carbocycles. The quantitative estimate of drug-likeness (QED) is 0.835. The van der Waals surface area contributed by atoms with Crippen LogP contribution in [-0.4, -0.2) is 45.5 Å². The number of aryl methyl sites for hydroxylation is 2. The predicted octanol–water partition coefficient (Wildman–Crippen LogP) is 2.57. The van der Waals surface area contributed by atoms with Crippen molar-refractivity contribution in [2.24, 2.45) is 5.92 Å². The summed E-state index contributed by atoms with van der Waals surface area (Å²) in [4.78, 5) is 2.38. The highest BCUT2D eigenvalue weighted by Crippen LogP contribution is 2.25. The number of nitrogens with zero attached hydrogens (tertiary/aromatic N) is 1. The Kier molecular flexibility index (Phi) is 5.50. The van der Waals surface area contributed by atoms with Crippen LogP contribution in [0.2, 0.25) is 0 Å². The number of hydrogen-bond acceptors (Lipinski definition) is 4. The van der Waals surface area contributed by atoms with Crippen LogP contribution in [0.1, 0.15) is 29.5 Å². The van der Waals surface area contributed by atoms with Crippen molar-refractivity contribution in [1.29, 1.82) is 0 Å². The number of ether oxygens (including phenoxy) is 1. The number of methoxy groups -OCH3 is 1. The van der Waals surface area contributed by atoms with Gasteiger partial charge in [-0.2, -0.15) is 0 Å². The van der Waals surface area contributed by atoms with Crippen LogP contribution in [0.25, 0.3) is 0 Å². The molecule has 0 amide bonds. The molecule has 1 heterocycles. The summed E-state index contributed by atoms with van der Waals surface area (Å²) in [5, 5.41) is 0. The van der Waals surface area contributed by atoms with Gasteiger partial charge in [0.25, 0.3) is 0 Å². The van der Waals surface area contributed by atoms with E-state index < -0.39 is 9.84 Å². The van der Waals surface area contributed by atoms with Gasteiger partial charge in [0, 0.05) is 19.3 Å². The molecule has 0 aliphatic carbocycles. The lowest BCUT2D eigenvalue weighted by Gasteiger charge is -2.32. The monoisotopic (exact) mass is 325 g/mol. The van der Waals surface area contributed by atoms with Crippen molar-refractivity contribution in [3.05, 3.63) is 28.8 Å². The molecule has 1 aromatic carbocycles. The van der Waals surface area contributed by atoms with Crippen molar-refractivity contribution >= 4 is 9.84 Å². The Morgan fingerprint density at radius 3 is 2.64 bits per heavy atom. The zero-order chi connectivity index (χ0) is 16.3. The minimum Gasteiger partial charge on any atom is -0.496 e. The summed E-state index contributed by atoms with van der Waals surface area (Å²) in [6.07, 6.45) is 3.43. The fourth-order valence-corrected chi connectivity index (χ4v) is 4.47. The lowest BCUT2D eigenvalue weighted by Crippen LogP contribution is -2.37. The third-order valence-electron chi connectivity index (χ3n) is 4.39. The molecular formula is C17H27NO3S. The van der Waals surface area contributed by atoms with E-state index in [4.69, 9.17) is 4.74 Å². The minimum atomic E-state index is -2.89. The number of hydrogen-bond donors (Lipinski definition) is 0. The Morgan fingerprint density at radius 1 is 1.27 bits per heavy atom. The summed E-state index contributed by atoms with van der Waals surface area (Å²) in [5.41, 5.74) is 3.68. The van der Waals surface area contributed by atoms with Gasteiger partial charge < -0.3 is 4.74 Å². The highest BCUT2D eigenvalue weighted by molar-refractivity contribution is 7.90. The van der Waals surface area contributed by atoms with Gasteiger partial charge in [-0.25, -0.2) is 8.42 Å². The van der Waals surface area contributed by atoms with Crippen molar-refractivity contribution in [1.82, 2.24) is 4.90 Å². The van der Waals surface area contributed by atoms with Crippen molar-refractivity contribution < 1.29 is 13.2 Å². The van der Waals surface area contributed by atoms with Gasteiger partial charge in [0.15, 0.2) is 0 Å². The summed E-state index contributed by atoms with van der Waals surface area (Å²) >= 11 is 0. The smallest absolute Gasteiger partial charge is 0.147 e. The van der Waals surface area contributed by atoms with Gasteiger partial charge in [0.2, 0.25) is 0 Å². The second kappa shape index (κ2) is 7.01. The predicted molar refractivity (Wildman–Crippen MR) is 90.2 cm³/mol. The molecule has 1 aliphatic rings. The zero-order valence-corrected chi connectivity index (χ0v) is 14.9. The first kappa shape index (κ1) is 17.3. The molecule has 0 N–H and O–H groups in total. The molecule has 4 nitrogen and oxygen atoms in total. The molecular weight excluding hydrogens is 298 g/mol. The summed E-state index contributed by atoms with van der Waals surface area (Å²) < 4.78 is 28.4. The van der Waals surface area contributed by atoms with Crippen LogP contribution < -0.4 is 4.74 Å². The van der Waals surface area contributed by atoms with Gasteiger partial charge in [-0.05, 0) is 61.9 Å². The van der Waals surface area contributed by atoms with Crippen LogP contribution >= 0.6 is 0 Å². The van der Waals surface area contributed by atoms with E-state index in [-0.39, 0.29) is 5.92 Å². The average molecular weight is 325 g/mol. The summed E-state index contributed by atoms with van der Waals surface area (Å²) in [6.45, 7) is 6.97. The minimum absolute atomic E-state index is 0.267. The number of rotatable bonds is 5. The van der Waals surface area contributed by atoms with Gasteiger partial charge in [-0.3, -0.25) is 4.90 Å². The van der Waals surface area contributed by atoms with E-state index in [1.54, 1.807) is 7.11 Å². The molecule has 1 saturated heterocycles. The van der Waals surface area contributed by atoms with E-state index >= 15 is 0 Å². The molecule has 22 heavy (non-hydrogen) atoms. The van der Waals surface area contributed by atoms with Gasteiger partial charge in [-0.1, -0.05) is 6.07 Å². The molecule has 124 valence electrons. The maximum atomic E-state index is 11.5. The summed E-state index contributed by atoms with van der Waals surface area (Å²) in [6, 6.07) is 4.27. The number of piperidine rings is 1.